The summed E-state index contributed by atoms with van der Waals surface area (Å²) in [7, 11) is 0. The highest BCUT2D eigenvalue weighted by atomic mass is 15.2. The Morgan fingerprint density at radius 3 is 2.80 bits per heavy atom. The summed E-state index contributed by atoms with van der Waals surface area (Å²) in [6, 6.07) is 5.84. The Morgan fingerprint density at radius 2 is 1.88 bits per heavy atom. The van der Waals surface area contributed by atoms with E-state index in [0.29, 0.717) is 6.54 Å². The van der Waals surface area contributed by atoms with Gasteiger partial charge in [-0.15, -0.1) is 0 Å². The van der Waals surface area contributed by atoms with Crippen LogP contribution in [0.15, 0.2) is 61.6 Å². The zero-order valence-corrected chi connectivity index (χ0v) is 13.2. The van der Waals surface area contributed by atoms with Gasteiger partial charge in [0.2, 0.25) is 0 Å². The molecule has 7 nitrogen and oxygen atoms in total. The van der Waals surface area contributed by atoms with Gasteiger partial charge in [0.15, 0.2) is 0 Å². The van der Waals surface area contributed by atoms with Crippen LogP contribution < -0.4 is 5.32 Å². The molecule has 0 atom stereocenters. The van der Waals surface area contributed by atoms with E-state index in [1.54, 1.807) is 31.0 Å². The average molecular weight is 327 g/mol. The summed E-state index contributed by atoms with van der Waals surface area (Å²) in [6.45, 7) is 0.629. The monoisotopic (exact) mass is 327 g/mol. The van der Waals surface area contributed by atoms with Gasteiger partial charge in [-0.25, -0.2) is 9.50 Å². The van der Waals surface area contributed by atoms with E-state index in [1.807, 2.05) is 35.1 Å². The molecule has 0 aliphatic carbocycles. The smallest absolute Gasteiger partial charge is 0.138 e. The number of pyridine rings is 3. The first kappa shape index (κ1) is 13.8. The summed E-state index contributed by atoms with van der Waals surface area (Å²) < 4.78 is 1.82. The number of nitrogens with one attached hydrogen (secondary N) is 1. The summed E-state index contributed by atoms with van der Waals surface area (Å²) in [5.41, 5.74) is 3.71. The lowest BCUT2D eigenvalue weighted by Crippen LogP contribution is -2.02. The second kappa shape index (κ2) is 5.48. The molecule has 5 heterocycles. The minimum absolute atomic E-state index is 0.629. The van der Waals surface area contributed by atoms with Gasteiger partial charge in [0.25, 0.3) is 0 Å². The lowest BCUT2D eigenvalue weighted by molar-refractivity contribution is 0.965. The van der Waals surface area contributed by atoms with Crippen LogP contribution in [0.25, 0.3) is 27.3 Å². The van der Waals surface area contributed by atoms with Crippen molar-refractivity contribution in [3.05, 3.63) is 67.1 Å². The Labute approximate surface area is 142 Å². The van der Waals surface area contributed by atoms with Gasteiger partial charge in [0.05, 0.1) is 22.6 Å². The quantitative estimate of drug-likeness (QED) is 0.549. The Morgan fingerprint density at radius 1 is 0.960 bits per heavy atom. The molecule has 0 aliphatic rings. The molecule has 0 saturated heterocycles. The van der Waals surface area contributed by atoms with Crippen LogP contribution >= 0.6 is 0 Å². The van der Waals surface area contributed by atoms with E-state index in [0.717, 1.165) is 38.7 Å². The summed E-state index contributed by atoms with van der Waals surface area (Å²) in [5.74, 6) is 0.778. The predicted molar refractivity (Wildman–Crippen MR) is 95.2 cm³/mol. The van der Waals surface area contributed by atoms with Gasteiger partial charge in [0, 0.05) is 49.1 Å². The van der Waals surface area contributed by atoms with Gasteiger partial charge >= 0.3 is 0 Å². The summed E-state index contributed by atoms with van der Waals surface area (Å²) in [4.78, 5) is 17.4. The van der Waals surface area contributed by atoms with Gasteiger partial charge in [-0.1, -0.05) is 6.07 Å². The first-order valence-electron chi connectivity index (χ1n) is 7.89. The average Bonchev–Trinajstić information content (AvgIpc) is 3.07. The molecule has 5 rings (SSSR count). The molecule has 0 amide bonds. The lowest BCUT2D eigenvalue weighted by Gasteiger charge is -2.08. The number of nitrogens with zero attached hydrogens (tertiary/aromatic N) is 6. The Hall–Kier alpha value is -3.61. The number of rotatable bonds is 3. The van der Waals surface area contributed by atoms with Crippen molar-refractivity contribution in [2.75, 3.05) is 5.32 Å². The van der Waals surface area contributed by atoms with Gasteiger partial charge < -0.3 is 5.32 Å². The molecule has 0 aromatic carbocycles. The second-order valence-electron chi connectivity index (χ2n) is 5.70. The fourth-order valence-electron chi connectivity index (χ4n) is 2.98. The topological polar surface area (TPSA) is 80.9 Å². The van der Waals surface area contributed by atoms with E-state index in [-0.39, 0.29) is 0 Å². The van der Waals surface area contributed by atoms with E-state index in [1.165, 1.54) is 0 Å². The Kier molecular flexibility index (Phi) is 3.03. The van der Waals surface area contributed by atoms with Crippen LogP contribution in [0.1, 0.15) is 5.56 Å². The van der Waals surface area contributed by atoms with Crippen LogP contribution in [0.5, 0.6) is 0 Å². The van der Waals surface area contributed by atoms with Crippen molar-refractivity contribution >= 4 is 33.1 Å². The first-order valence-corrected chi connectivity index (χ1v) is 7.89. The first-order chi connectivity index (χ1) is 12.4. The second-order valence-corrected chi connectivity index (χ2v) is 5.70. The van der Waals surface area contributed by atoms with E-state index in [9.17, 15) is 0 Å². The van der Waals surface area contributed by atoms with Crippen LogP contribution in [-0.4, -0.2) is 29.5 Å². The summed E-state index contributed by atoms with van der Waals surface area (Å²) >= 11 is 0. The van der Waals surface area contributed by atoms with E-state index >= 15 is 0 Å². The number of fused-ring (bicyclic) bond motifs is 5. The fourth-order valence-corrected chi connectivity index (χ4v) is 2.98. The normalized spacial score (nSPS) is 11.4. The zero-order chi connectivity index (χ0) is 16.6. The summed E-state index contributed by atoms with van der Waals surface area (Å²) in [6.07, 6.45) is 12.5. The molecule has 0 aliphatic heterocycles. The van der Waals surface area contributed by atoms with Gasteiger partial charge in [-0.05, 0) is 17.7 Å². The highest BCUT2D eigenvalue weighted by Crippen LogP contribution is 2.31. The third-order valence-corrected chi connectivity index (χ3v) is 4.14. The molecule has 0 bridgehead atoms. The molecule has 0 unspecified atom stereocenters. The van der Waals surface area contributed by atoms with Crippen LogP contribution in [-0.2, 0) is 6.54 Å². The number of hydrogen-bond acceptors (Lipinski definition) is 6. The molecule has 7 heteroatoms. The molecular weight excluding hydrogens is 314 g/mol. The van der Waals surface area contributed by atoms with Crippen molar-refractivity contribution in [2.45, 2.75) is 6.54 Å². The fraction of sp³-hybridized carbons (Fsp3) is 0.0556. The molecule has 0 fully saturated rings. The number of aromatic nitrogens is 6. The molecule has 0 spiro atoms. The molecule has 120 valence electrons. The molecule has 0 saturated carbocycles. The number of hydrogen-bond donors (Lipinski definition) is 1. The van der Waals surface area contributed by atoms with Crippen molar-refractivity contribution in [3.63, 3.8) is 0 Å². The molecule has 25 heavy (non-hydrogen) atoms. The largest absolute Gasteiger partial charge is 0.365 e. The Bertz CT molecular complexity index is 1200. The van der Waals surface area contributed by atoms with Crippen LogP contribution in [0, 0.1) is 0 Å². The SMILES string of the molecule is c1cncc(CNc2nc3ccncc3c3nn4ccncc4c23)c1. The highest BCUT2D eigenvalue weighted by Gasteiger charge is 2.15. The zero-order valence-electron chi connectivity index (χ0n) is 13.2. The summed E-state index contributed by atoms with van der Waals surface area (Å²) in [5, 5.41) is 9.99. The molecule has 0 radical (unpaired) electrons. The van der Waals surface area contributed by atoms with Crippen LogP contribution in [0.4, 0.5) is 5.82 Å². The maximum Gasteiger partial charge on any atom is 0.138 e. The van der Waals surface area contributed by atoms with Crippen LogP contribution in [0.2, 0.25) is 0 Å². The van der Waals surface area contributed by atoms with Gasteiger partial charge in [0.1, 0.15) is 11.3 Å². The van der Waals surface area contributed by atoms with Gasteiger partial charge in [-0.3, -0.25) is 15.0 Å². The van der Waals surface area contributed by atoms with E-state index < -0.39 is 0 Å². The van der Waals surface area contributed by atoms with Crippen molar-refractivity contribution < 1.29 is 0 Å². The highest BCUT2D eigenvalue weighted by molar-refractivity contribution is 6.13. The third kappa shape index (κ3) is 2.25. The molecule has 1 N–H and O–H groups in total. The lowest BCUT2D eigenvalue weighted by atomic mass is 10.2. The van der Waals surface area contributed by atoms with Crippen molar-refractivity contribution in [1.29, 1.82) is 0 Å². The maximum atomic E-state index is 4.79. The van der Waals surface area contributed by atoms with Crippen molar-refractivity contribution in [3.8, 4) is 0 Å². The van der Waals surface area contributed by atoms with Crippen LogP contribution in [0.3, 0.4) is 0 Å². The Balaban J connectivity index is 1.74. The third-order valence-electron chi connectivity index (χ3n) is 4.14. The molecular formula is C18H13N7. The number of anilines is 1. The molecule has 5 aromatic heterocycles. The van der Waals surface area contributed by atoms with E-state index in [4.69, 9.17) is 10.1 Å². The van der Waals surface area contributed by atoms with Crippen molar-refractivity contribution in [1.82, 2.24) is 29.5 Å². The van der Waals surface area contributed by atoms with Gasteiger partial charge in [-0.2, -0.15) is 5.10 Å². The molecule has 5 aromatic rings. The van der Waals surface area contributed by atoms with E-state index in [2.05, 4.69) is 20.3 Å². The minimum atomic E-state index is 0.629. The minimum Gasteiger partial charge on any atom is -0.365 e. The standard InChI is InChI=1S/C18H13N7/c1-2-12(8-19-4-1)9-22-18-16-15-11-21-6-7-25(15)24-17(16)13-10-20-5-3-14(13)23-18/h1-8,10-11H,9H2,(H,22,23). The van der Waals surface area contributed by atoms with Crippen molar-refractivity contribution in [2.24, 2.45) is 0 Å². The maximum absolute atomic E-state index is 4.79. The predicted octanol–water partition coefficient (Wildman–Crippen LogP) is 2.83.